The lowest BCUT2D eigenvalue weighted by molar-refractivity contribution is 0.102. The van der Waals surface area contributed by atoms with Crippen LogP contribution in [-0.2, 0) is 0 Å². The Morgan fingerprint density at radius 3 is 3.05 bits per heavy atom. The van der Waals surface area contributed by atoms with Crippen molar-refractivity contribution in [1.82, 2.24) is 14.6 Å². The Morgan fingerprint density at radius 1 is 1.36 bits per heavy atom. The number of carbonyl (C=O) groups is 1. The van der Waals surface area contributed by atoms with E-state index in [0.29, 0.717) is 34.3 Å². The maximum atomic E-state index is 12.4. The van der Waals surface area contributed by atoms with Crippen LogP contribution in [0, 0.1) is 0 Å². The Labute approximate surface area is 131 Å². The Kier molecular flexibility index (Phi) is 3.93. The van der Waals surface area contributed by atoms with E-state index in [1.54, 1.807) is 47.3 Å². The van der Waals surface area contributed by atoms with Crippen LogP contribution in [-0.4, -0.2) is 27.1 Å². The van der Waals surface area contributed by atoms with Crippen molar-refractivity contribution in [3.8, 4) is 5.75 Å². The zero-order valence-corrected chi connectivity index (χ0v) is 12.5. The second kappa shape index (κ2) is 6.03. The molecule has 22 heavy (non-hydrogen) atoms. The van der Waals surface area contributed by atoms with Gasteiger partial charge in [0, 0.05) is 11.2 Å². The fourth-order valence-electron chi connectivity index (χ4n) is 2.06. The van der Waals surface area contributed by atoms with Gasteiger partial charge in [-0.25, -0.2) is 0 Å². The van der Waals surface area contributed by atoms with Gasteiger partial charge in [0.1, 0.15) is 12.1 Å². The average molecular weight is 317 g/mol. The minimum Gasteiger partial charge on any atom is -0.493 e. The summed E-state index contributed by atoms with van der Waals surface area (Å²) in [6, 6.07) is 8.46. The molecule has 2 heterocycles. The van der Waals surface area contributed by atoms with E-state index in [4.69, 9.17) is 16.3 Å². The van der Waals surface area contributed by atoms with Gasteiger partial charge >= 0.3 is 0 Å². The van der Waals surface area contributed by atoms with Crippen LogP contribution in [0.4, 0.5) is 5.69 Å². The molecule has 112 valence electrons. The first kappa shape index (κ1) is 14.3. The van der Waals surface area contributed by atoms with Gasteiger partial charge in [-0.05, 0) is 37.3 Å². The fraction of sp³-hybridized carbons (Fsp3) is 0.133. The number of halogens is 1. The molecule has 6 nitrogen and oxygen atoms in total. The number of aromatic nitrogens is 3. The lowest BCUT2D eigenvalue weighted by atomic mass is 10.2. The molecule has 2 aromatic heterocycles. The zero-order valence-electron chi connectivity index (χ0n) is 11.8. The summed E-state index contributed by atoms with van der Waals surface area (Å²) in [4.78, 5) is 12.4. The molecule has 1 aromatic carbocycles. The van der Waals surface area contributed by atoms with E-state index in [0.717, 1.165) is 0 Å². The smallest absolute Gasteiger partial charge is 0.259 e. The first-order valence-electron chi connectivity index (χ1n) is 6.70. The molecule has 3 rings (SSSR count). The summed E-state index contributed by atoms with van der Waals surface area (Å²) in [6.07, 6.45) is 3.31. The van der Waals surface area contributed by atoms with Gasteiger partial charge in [0.05, 0.1) is 17.9 Å². The summed E-state index contributed by atoms with van der Waals surface area (Å²) >= 11 is 5.94. The minimum atomic E-state index is -0.271. The van der Waals surface area contributed by atoms with Gasteiger partial charge in [-0.3, -0.25) is 9.20 Å². The van der Waals surface area contributed by atoms with Crippen molar-refractivity contribution in [3.63, 3.8) is 0 Å². The number of hydrogen-bond donors (Lipinski definition) is 1. The minimum absolute atomic E-state index is 0.271. The topological polar surface area (TPSA) is 68.5 Å². The first-order chi connectivity index (χ1) is 10.7. The normalized spacial score (nSPS) is 10.6. The number of hydrogen-bond acceptors (Lipinski definition) is 4. The fourth-order valence-corrected chi connectivity index (χ4v) is 2.22. The molecule has 3 aromatic rings. The summed E-state index contributed by atoms with van der Waals surface area (Å²) in [5, 5.41) is 11.0. The van der Waals surface area contributed by atoms with E-state index in [9.17, 15) is 4.79 Å². The number of fused-ring (bicyclic) bond motifs is 1. The van der Waals surface area contributed by atoms with Crippen molar-refractivity contribution >= 4 is 28.8 Å². The van der Waals surface area contributed by atoms with E-state index in [1.807, 2.05) is 6.92 Å². The molecule has 0 aliphatic rings. The molecule has 0 atom stereocenters. The third-order valence-corrected chi connectivity index (χ3v) is 3.27. The molecular formula is C15H13ClN4O2. The van der Waals surface area contributed by atoms with Crippen LogP contribution in [0.15, 0.2) is 42.9 Å². The predicted molar refractivity (Wildman–Crippen MR) is 83.6 cm³/mol. The summed E-state index contributed by atoms with van der Waals surface area (Å²) in [6.45, 7) is 2.30. The number of nitrogens with zero attached hydrogens (tertiary/aromatic N) is 3. The van der Waals surface area contributed by atoms with Gasteiger partial charge in [0.25, 0.3) is 5.91 Å². The second-order valence-electron chi connectivity index (χ2n) is 4.54. The molecule has 1 N–H and O–H groups in total. The highest BCUT2D eigenvalue weighted by Crippen LogP contribution is 2.24. The van der Waals surface area contributed by atoms with Crippen molar-refractivity contribution in [2.75, 3.05) is 11.9 Å². The number of nitrogens with one attached hydrogen (secondary N) is 1. The highest BCUT2D eigenvalue weighted by atomic mass is 35.5. The molecular weight excluding hydrogens is 304 g/mol. The molecule has 0 aliphatic carbocycles. The summed E-state index contributed by atoms with van der Waals surface area (Å²) in [7, 11) is 0. The van der Waals surface area contributed by atoms with E-state index in [1.165, 1.54) is 0 Å². The number of rotatable bonds is 4. The van der Waals surface area contributed by atoms with Crippen LogP contribution in [0.2, 0.25) is 5.02 Å². The maximum absolute atomic E-state index is 12.4. The van der Waals surface area contributed by atoms with E-state index in [-0.39, 0.29) is 5.91 Å². The maximum Gasteiger partial charge on any atom is 0.259 e. The van der Waals surface area contributed by atoms with Crippen LogP contribution in [0.5, 0.6) is 5.75 Å². The second-order valence-corrected chi connectivity index (χ2v) is 4.98. The number of pyridine rings is 1. The van der Waals surface area contributed by atoms with Crippen LogP contribution in [0.1, 0.15) is 17.3 Å². The molecule has 0 spiro atoms. The number of amides is 1. The van der Waals surface area contributed by atoms with Gasteiger partial charge in [0.15, 0.2) is 5.65 Å². The Balaban J connectivity index is 1.87. The Morgan fingerprint density at radius 2 is 2.23 bits per heavy atom. The Bertz CT molecular complexity index is 831. The SMILES string of the molecule is CCOc1cc(Cl)ccc1C(=O)Nc1ccc2nncn2c1. The van der Waals surface area contributed by atoms with E-state index in [2.05, 4.69) is 15.5 Å². The Hall–Kier alpha value is -2.60. The number of benzene rings is 1. The molecule has 0 saturated heterocycles. The highest BCUT2D eigenvalue weighted by molar-refractivity contribution is 6.31. The zero-order chi connectivity index (χ0) is 15.5. The third-order valence-electron chi connectivity index (χ3n) is 3.04. The first-order valence-corrected chi connectivity index (χ1v) is 7.08. The van der Waals surface area contributed by atoms with E-state index < -0.39 is 0 Å². The van der Waals surface area contributed by atoms with Crippen LogP contribution in [0.25, 0.3) is 5.65 Å². The largest absolute Gasteiger partial charge is 0.493 e. The van der Waals surface area contributed by atoms with Crippen LogP contribution in [0.3, 0.4) is 0 Å². The number of carbonyl (C=O) groups excluding carboxylic acids is 1. The number of anilines is 1. The lowest BCUT2D eigenvalue weighted by Crippen LogP contribution is -2.14. The molecule has 0 unspecified atom stereocenters. The average Bonchev–Trinajstić information content (AvgIpc) is 2.95. The molecule has 0 aliphatic heterocycles. The lowest BCUT2D eigenvalue weighted by Gasteiger charge is -2.11. The van der Waals surface area contributed by atoms with Gasteiger partial charge in [-0.15, -0.1) is 10.2 Å². The van der Waals surface area contributed by atoms with Crippen LogP contribution >= 0.6 is 11.6 Å². The standard InChI is InChI=1S/C15H13ClN4O2/c1-2-22-13-7-10(16)3-5-12(13)15(21)18-11-4-6-14-19-17-9-20(14)8-11/h3-9H,2H2,1H3,(H,18,21). The van der Waals surface area contributed by atoms with Gasteiger partial charge in [-0.1, -0.05) is 11.6 Å². The molecule has 0 saturated carbocycles. The van der Waals surface area contributed by atoms with Crippen molar-refractivity contribution in [3.05, 3.63) is 53.4 Å². The highest BCUT2D eigenvalue weighted by Gasteiger charge is 2.13. The summed E-state index contributed by atoms with van der Waals surface area (Å²) in [5.41, 5.74) is 1.77. The van der Waals surface area contributed by atoms with Crippen molar-refractivity contribution in [2.24, 2.45) is 0 Å². The summed E-state index contributed by atoms with van der Waals surface area (Å²) in [5.74, 6) is 0.186. The van der Waals surface area contributed by atoms with Gasteiger partial charge in [0.2, 0.25) is 0 Å². The molecule has 0 fully saturated rings. The quantitative estimate of drug-likeness (QED) is 0.803. The number of ether oxygens (including phenoxy) is 1. The molecule has 0 bridgehead atoms. The van der Waals surface area contributed by atoms with Crippen molar-refractivity contribution in [1.29, 1.82) is 0 Å². The third kappa shape index (κ3) is 2.87. The van der Waals surface area contributed by atoms with Gasteiger partial charge in [-0.2, -0.15) is 0 Å². The van der Waals surface area contributed by atoms with Crippen molar-refractivity contribution in [2.45, 2.75) is 6.92 Å². The van der Waals surface area contributed by atoms with Gasteiger partial charge < -0.3 is 10.1 Å². The molecule has 7 heteroatoms. The molecule has 1 amide bonds. The van der Waals surface area contributed by atoms with E-state index >= 15 is 0 Å². The summed E-state index contributed by atoms with van der Waals surface area (Å²) < 4.78 is 7.19. The molecule has 0 radical (unpaired) electrons. The monoisotopic (exact) mass is 316 g/mol. The van der Waals surface area contributed by atoms with Crippen LogP contribution < -0.4 is 10.1 Å². The predicted octanol–water partition coefficient (Wildman–Crippen LogP) is 3.03. The van der Waals surface area contributed by atoms with Crippen molar-refractivity contribution < 1.29 is 9.53 Å².